The van der Waals surface area contributed by atoms with E-state index in [1.807, 2.05) is 0 Å². The maximum Gasteiger partial charge on any atom is 0.332 e. The number of likely N-dealkylation sites (tertiary alicyclic amines) is 1. The van der Waals surface area contributed by atoms with Crippen molar-refractivity contribution >= 4 is 34.9 Å². The van der Waals surface area contributed by atoms with Gasteiger partial charge in [0.05, 0.1) is 26.3 Å². The van der Waals surface area contributed by atoms with E-state index < -0.39 is 40.3 Å². The number of halogens is 1. The number of hydrogen-bond donors (Lipinski definition) is 1. The molecule has 0 bridgehead atoms. The maximum atomic E-state index is 15.0. The van der Waals surface area contributed by atoms with E-state index in [9.17, 15) is 19.2 Å². The SMILES string of the molecule is COc1cc(OC)c2c(c1Cl)O[C@@]1(C(=O)C3=C(C[C@H]1C)Nc1c(c(=O)n(C)c(=O)n1C)C3c1ccc(OCCN3CCCC3=O)cc1)C2=O. The molecule has 0 saturated carbocycles. The van der Waals surface area contributed by atoms with Crippen molar-refractivity contribution in [1.82, 2.24) is 14.0 Å². The van der Waals surface area contributed by atoms with E-state index in [2.05, 4.69) is 5.32 Å². The maximum absolute atomic E-state index is 15.0. The van der Waals surface area contributed by atoms with Crippen LogP contribution in [0.2, 0.25) is 5.02 Å². The highest BCUT2D eigenvalue weighted by Crippen LogP contribution is 2.56. The molecule has 4 heterocycles. The summed E-state index contributed by atoms with van der Waals surface area (Å²) < 4.78 is 25.5. The van der Waals surface area contributed by atoms with Gasteiger partial charge >= 0.3 is 5.69 Å². The van der Waals surface area contributed by atoms with Gasteiger partial charge in [0.15, 0.2) is 5.75 Å². The number of nitrogens with one attached hydrogen (secondary N) is 1. The number of nitrogens with zero attached hydrogens (tertiary/aromatic N) is 3. The standard InChI is InChI=1S/C35H35ClN4O9/c1-17-15-20-25(30(42)35(17)31(43)26-21(46-4)16-22(47-5)28(36)29(26)49-35)24(27-32(37-20)38(2)34(45)39(3)33(27)44)18-8-10-19(11-9-18)48-14-13-40-12-6-7-23(40)41/h8-11,16-17,24,37H,6-7,12-15H2,1-5H3/t17-,24?,35+/m1/s1. The lowest BCUT2D eigenvalue weighted by Crippen LogP contribution is -2.58. The Labute approximate surface area is 286 Å². The minimum Gasteiger partial charge on any atom is -0.496 e. The van der Waals surface area contributed by atoms with Crippen LogP contribution in [0.4, 0.5) is 5.82 Å². The zero-order valence-electron chi connectivity index (χ0n) is 27.7. The molecule has 1 aliphatic carbocycles. The number of ether oxygens (including phenoxy) is 4. The number of carbonyl (C=O) groups is 3. The molecule has 13 nitrogen and oxygen atoms in total. The summed E-state index contributed by atoms with van der Waals surface area (Å²) in [7, 11) is 5.74. The van der Waals surface area contributed by atoms with Crippen molar-refractivity contribution in [3.8, 4) is 23.0 Å². The number of anilines is 1. The van der Waals surface area contributed by atoms with E-state index >= 15 is 4.79 Å². The number of allylic oxidation sites excluding steroid dienone is 1. The fraction of sp³-hybridized carbons (Fsp3) is 0.400. The molecule has 1 saturated heterocycles. The average Bonchev–Trinajstić information content (AvgIpc) is 3.66. The Hall–Kier alpha value is -5.04. The first-order valence-corrected chi connectivity index (χ1v) is 16.4. The molecule has 3 aromatic rings. The van der Waals surface area contributed by atoms with Crippen molar-refractivity contribution in [1.29, 1.82) is 0 Å². The van der Waals surface area contributed by atoms with E-state index in [4.69, 9.17) is 30.5 Å². The second-order valence-electron chi connectivity index (χ2n) is 12.7. The fourth-order valence-corrected chi connectivity index (χ4v) is 7.76. The Morgan fingerprint density at radius 1 is 1.00 bits per heavy atom. The molecular formula is C35H35ClN4O9. The van der Waals surface area contributed by atoms with Gasteiger partial charge in [0, 0.05) is 56.2 Å². The molecule has 1 unspecified atom stereocenters. The van der Waals surface area contributed by atoms with Crippen molar-refractivity contribution in [2.45, 2.75) is 37.7 Å². The molecule has 7 rings (SSSR count). The number of aromatic nitrogens is 2. The lowest BCUT2D eigenvalue weighted by atomic mass is 9.66. The third-order valence-corrected chi connectivity index (χ3v) is 10.4. The largest absolute Gasteiger partial charge is 0.496 e. The number of methoxy groups -OCH3 is 2. The summed E-state index contributed by atoms with van der Waals surface area (Å²) in [6.07, 6.45) is 1.56. The Morgan fingerprint density at radius 3 is 2.37 bits per heavy atom. The van der Waals surface area contributed by atoms with Gasteiger partial charge < -0.3 is 29.2 Å². The molecule has 1 amide bonds. The number of rotatable bonds is 7. The fourth-order valence-electron chi connectivity index (χ4n) is 7.49. The summed E-state index contributed by atoms with van der Waals surface area (Å²) in [5.41, 5.74) is -1.72. The molecular weight excluding hydrogens is 656 g/mol. The van der Waals surface area contributed by atoms with Crippen LogP contribution in [-0.4, -0.2) is 71.0 Å². The molecule has 4 aliphatic rings. The first kappa shape index (κ1) is 32.5. The van der Waals surface area contributed by atoms with Crippen LogP contribution in [-0.2, 0) is 23.7 Å². The Kier molecular flexibility index (Phi) is 7.85. The second kappa shape index (κ2) is 11.8. The zero-order valence-corrected chi connectivity index (χ0v) is 28.4. The molecule has 1 N–H and O–H groups in total. The van der Waals surface area contributed by atoms with Gasteiger partial charge in [-0.05, 0) is 30.5 Å². The molecule has 3 atom stereocenters. The summed E-state index contributed by atoms with van der Waals surface area (Å²) >= 11 is 6.64. The predicted octanol–water partition coefficient (Wildman–Crippen LogP) is 3.19. The van der Waals surface area contributed by atoms with Crippen molar-refractivity contribution in [2.24, 2.45) is 20.0 Å². The monoisotopic (exact) mass is 690 g/mol. The second-order valence-corrected chi connectivity index (χ2v) is 13.1. The van der Waals surface area contributed by atoms with Gasteiger partial charge in [0.25, 0.3) is 5.56 Å². The molecule has 49 heavy (non-hydrogen) atoms. The van der Waals surface area contributed by atoms with E-state index in [0.29, 0.717) is 43.1 Å². The van der Waals surface area contributed by atoms with Gasteiger partial charge in [-0.25, -0.2) is 4.79 Å². The molecule has 1 spiro atoms. The van der Waals surface area contributed by atoms with Crippen molar-refractivity contribution in [2.75, 3.05) is 39.2 Å². The van der Waals surface area contributed by atoms with Gasteiger partial charge in [-0.15, -0.1) is 0 Å². The van der Waals surface area contributed by atoms with Gasteiger partial charge in [0.2, 0.25) is 23.1 Å². The van der Waals surface area contributed by atoms with Crippen LogP contribution >= 0.6 is 11.6 Å². The Bertz CT molecular complexity index is 2100. The number of fused-ring (bicyclic) bond motifs is 2. The van der Waals surface area contributed by atoms with Crippen LogP contribution in [0.25, 0.3) is 0 Å². The normalized spacial score (nSPS) is 22.5. The molecule has 0 radical (unpaired) electrons. The molecule has 1 fully saturated rings. The van der Waals surface area contributed by atoms with E-state index in [1.165, 1.54) is 31.9 Å². The van der Waals surface area contributed by atoms with Crippen molar-refractivity contribution in [3.05, 3.63) is 84.2 Å². The zero-order chi connectivity index (χ0) is 34.9. The highest BCUT2D eigenvalue weighted by atomic mass is 35.5. The van der Waals surface area contributed by atoms with Gasteiger partial charge in [-0.3, -0.25) is 28.3 Å². The molecule has 1 aromatic heterocycles. The number of hydrogen-bond acceptors (Lipinski definition) is 10. The van der Waals surface area contributed by atoms with Crippen LogP contribution in [0, 0.1) is 5.92 Å². The van der Waals surface area contributed by atoms with E-state index in [1.54, 1.807) is 43.1 Å². The highest BCUT2D eigenvalue weighted by Gasteiger charge is 2.63. The summed E-state index contributed by atoms with van der Waals surface area (Å²) in [4.78, 5) is 70.2. The summed E-state index contributed by atoms with van der Waals surface area (Å²) in [6, 6.07) is 8.43. The summed E-state index contributed by atoms with van der Waals surface area (Å²) in [6.45, 7) is 3.21. The van der Waals surface area contributed by atoms with Crippen LogP contribution in [0.3, 0.4) is 0 Å². The highest BCUT2D eigenvalue weighted by molar-refractivity contribution is 6.36. The molecule has 3 aliphatic heterocycles. The van der Waals surface area contributed by atoms with Crippen LogP contribution in [0.1, 0.15) is 53.6 Å². The Balaban J connectivity index is 1.33. The van der Waals surface area contributed by atoms with Gasteiger partial charge in [0.1, 0.15) is 40.3 Å². The van der Waals surface area contributed by atoms with Crippen LogP contribution in [0.5, 0.6) is 23.0 Å². The lowest BCUT2D eigenvalue weighted by Gasteiger charge is -2.42. The van der Waals surface area contributed by atoms with Gasteiger partial charge in [-0.2, -0.15) is 0 Å². The number of benzene rings is 2. The summed E-state index contributed by atoms with van der Waals surface area (Å²) in [5, 5.41) is 3.24. The number of carbonyl (C=O) groups excluding carboxylic acids is 3. The van der Waals surface area contributed by atoms with Crippen LogP contribution in [0.15, 0.2) is 51.2 Å². The average molecular weight is 691 g/mol. The molecule has 256 valence electrons. The smallest absolute Gasteiger partial charge is 0.332 e. The van der Waals surface area contributed by atoms with Crippen molar-refractivity contribution < 1.29 is 33.3 Å². The number of ketones is 2. The minimum atomic E-state index is -2.01. The molecule has 14 heteroatoms. The van der Waals surface area contributed by atoms with E-state index in [0.717, 1.165) is 11.0 Å². The van der Waals surface area contributed by atoms with E-state index in [-0.39, 0.29) is 57.1 Å². The van der Waals surface area contributed by atoms with Gasteiger partial charge in [-0.1, -0.05) is 30.7 Å². The lowest BCUT2D eigenvalue weighted by molar-refractivity contribution is -0.130. The topological polar surface area (TPSA) is 147 Å². The summed E-state index contributed by atoms with van der Waals surface area (Å²) in [5.74, 6) is -1.65. The van der Waals surface area contributed by atoms with Crippen LogP contribution < -0.4 is 35.5 Å². The Morgan fingerprint density at radius 2 is 1.71 bits per heavy atom. The third-order valence-electron chi connectivity index (χ3n) is 10.1. The number of amides is 1. The molecule has 2 aromatic carbocycles. The minimum absolute atomic E-state index is 0.0109. The first-order valence-electron chi connectivity index (χ1n) is 16.0. The predicted molar refractivity (Wildman–Crippen MR) is 178 cm³/mol. The van der Waals surface area contributed by atoms with Crippen molar-refractivity contribution in [3.63, 3.8) is 0 Å². The first-order chi connectivity index (χ1) is 23.4. The third kappa shape index (κ3) is 4.69. The number of Topliss-reactive ketones (excluding diaryl/α,β-unsaturated/α-hetero) is 2. The quantitative estimate of drug-likeness (QED) is 0.367.